The van der Waals surface area contributed by atoms with Crippen LogP contribution >= 0.6 is 23.2 Å². The van der Waals surface area contributed by atoms with Gasteiger partial charge in [-0.3, -0.25) is 4.79 Å². The molecule has 0 aliphatic carbocycles. The average molecular weight is 323 g/mol. The monoisotopic (exact) mass is 322 g/mol. The van der Waals surface area contributed by atoms with E-state index in [4.69, 9.17) is 27.9 Å². The molecule has 0 saturated carbocycles. The van der Waals surface area contributed by atoms with Crippen LogP contribution in [0.3, 0.4) is 0 Å². The first kappa shape index (κ1) is 15.9. The summed E-state index contributed by atoms with van der Waals surface area (Å²) in [5.41, 5.74) is 1.48. The topological polar surface area (TPSA) is 26.3 Å². The number of rotatable bonds is 6. The SMILES string of the molecule is CCCOc1cccc(C(=O)Cc2ccc(Cl)c(Cl)c2)c1. The zero-order chi connectivity index (χ0) is 15.2. The van der Waals surface area contributed by atoms with Crippen LogP contribution in [-0.2, 0) is 6.42 Å². The molecule has 0 bridgehead atoms. The van der Waals surface area contributed by atoms with Crippen molar-refractivity contribution in [2.75, 3.05) is 6.61 Å². The molecular weight excluding hydrogens is 307 g/mol. The predicted molar refractivity (Wildman–Crippen MR) is 86.7 cm³/mol. The van der Waals surface area contributed by atoms with Crippen molar-refractivity contribution in [2.24, 2.45) is 0 Å². The summed E-state index contributed by atoms with van der Waals surface area (Å²) in [5.74, 6) is 0.743. The highest BCUT2D eigenvalue weighted by atomic mass is 35.5. The molecule has 0 fully saturated rings. The Kier molecular flexibility index (Phi) is 5.66. The van der Waals surface area contributed by atoms with Crippen molar-refractivity contribution in [1.82, 2.24) is 0 Å². The van der Waals surface area contributed by atoms with E-state index in [1.54, 1.807) is 24.3 Å². The second kappa shape index (κ2) is 7.48. The standard InChI is InChI=1S/C17H16Cl2O2/c1-2-8-21-14-5-3-4-13(11-14)17(20)10-12-6-7-15(18)16(19)9-12/h3-7,9,11H,2,8,10H2,1H3. The third-order valence-corrected chi connectivity index (χ3v) is 3.72. The molecule has 0 N–H and O–H groups in total. The summed E-state index contributed by atoms with van der Waals surface area (Å²) in [4.78, 5) is 12.3. The van der Waals surface area contributed by atoms with Gasteiger partial charge in [0.05, 0.1) is 16.7 Å². The van der Waals surface area contributed by atoms with Crippen LogP contribution < -0.4 is 4.74 Å². The summed E-state index contributed by atoms with van der Waals surface area (Å²) in [6, 6.07) is 12.5. The van der Waals surface area contributed by atoms with Crippen LogP contribution in [0.25, 0.3) is 0 Å². The Balaban J connectivity index is 2.10. The summed E-state index contributed by atoms with van der Waals surface area (Å²) in [5, 5.41) is 0.949. The van der Waals surface area contributed by atoms with Gasteiger partial charge < -0.3 is 4.74 Å². The van der Waals surface area contributed by atoms with Gasteiger partial charge in [0.25, 0.3) is 0 Å². The van der Waals surface area contributed by atoms with Crippen LogP contribution in [-0.4, -0.2) is 12.4 Å². The minimum absolute atomic E-state index is 0.0235. The maximum atomic E-state index is 12.3. The molecule has 110 valence electrons. The number of benzene rings is 2. The Morgan fingerprint density at radius 2 is 1.90 bits per heavy atom. The van der Waals surface area contributed by atoms with Crippen LogP contribution in [0.1, 0.15) is 29.3 Å². The highest BCUT2D eigenvalue weighted by Gasteiger charge is 2.09. The van der Waals surface area contributed by atoms with Gasteiger partial charge in [0.1, 0.15) is 5.75 Å². The zero-order valence-corrected chi connectivity index (χ0v) is 13.2. The summed E-state index contributed by atoms with van der Waals surface area (Å²) in [7, 11) is 0. The first-order valence-corrected chi connectivity index (χ1v) is 7.55. The van der Waals surface area contributed by atoms with E-state index < -0.39 is 0 Å². The van der Waals surface area contributed by atoms with Crippen molar-refractivity contribution in [3.05, 3.63) is 63.6 Å². The lowest BCUT2D eigenvalue weighted by Crippen LogP contribution is -2.04. The lowest BCUT2D eigenvalue weighted by molar-refractivity contribution is 0.0992. The van der Waals surface area contributed by atoms with Gasteiger partial charge in [-0.2, -0.15) is 0 Å². The molecule has 0 aliphatic rings. The van der Waals surface area contributed by atoms with E-state index in [1.165, 1.54) is 0 Å². The summed E-state index contributed by atoms with van der Waals surface area (Å²) >= 11 is 11.8. The normalized spacial score (nSPS) is 10.4. The lowest BCUT2D eigenvalue weighted by atomic mass is 10.0. The maximum absolute atomic E-state index is 12.3. The Morgan fingerprint density at radius 3 is 2.62 bits per heavy atom. The molecule has 21 heavy (non-hydrogen) atoms. The van der Waals surface area contributed by atoms with Gasteiger partial charge >= 0.3 is 0 Å². The molecule has 0 heterocycles. The summed E-state index contributed by atoms with van der Waals surface area (Å²) in [6.07, 6.45) is 1.22. The van der Waals surface area contributed by atoms with E-state index in [9.17, 15) is 4.79 Å². The highest BCUT2D eigenvalue weighted by molar-refractivity contribution is 6.42. The second-order valence-electron chi connectivity index (χ2n) is 4.72. The fourth-order valence-corrected chi connectivity index (χ4v) is 2.24. The molecule has 0 aliphatic heterocycles. The number of hydrogen-bond donors (Lipinski definition) is 0. The third-order valence-electron chi connectivity index (χ3n) is 2.98. The summed E-state index contributed by atoms with van der Waals surface area (Å²) < 4.78 is 5.54. The van der Waals surface area contributed by atoms with E-state index in [-0.39, 0.29) is 12.2 Å². The molecule has 2 aromatic rings. The number of carbonyl (C=O) groups excluding carboxylic acids is 1. The van der Waals surface area contributed by atoms with E-state index in [0.29, 0.717) is 22.2 Å². The van der Waals surface area contributed by atoms with Crippen LogP contribution in [0.4, 0.5) is 0 Å². The number of ketones is 1. The van der Waals surface area contributed by atoms with Crippen molar-refractivity contribution >= 4 is 29.0 Å². The van der Waals surface area contributed by atoms with Crippen molar-refractivity contribution in [1.29, 1.82) is 0 Å². The first-order valence-electron chi connectivity index (χ1n) is 6.80. The smallest absolute Gasteiger partial charge is 0.167 e. The molecule has 4 heteroatoms. The van der Waals surface area contributed by atoms with Crippen molar-refractivity contribution in [3.63, 3.8) is 0 Å². The first-order chi connectivity index (χ1) is 10.1. The van der Waals surface area contributed by atoms with Gasteiger partial charge in [0.15, 0.2) is 5.78 Å². The average Bonchev–Trinajstić information content (AvgIpc) is 2.49. The van der Waals surface area contributed by atoms with Gasteiger partial charge in [-0.1, -0.05) is 48.3 Å². The quantitative estimate of drug-likeness (QED) is 0.682. The molecular formula is C17H16Cl2O2. The molecule has 0 aromatic heterocycles. The number of Topliss-reactive ketones (excluding diaryl/α,β-unsaturated/α-hetero) is 1. The Labute approximate surface area is 134 Å². The molecule has 0 saturated heterocycles. The van der Waals surface area contributed by atoms with Crippen LogP contribution in [0.15, 0.2) is 42.5 Å². The zero-order valence-electron chi connectivity index (χ0n) is 11.7. The minimum Gasteiger partial charge on any atom is -0.494 e. The highest BCUT2D eigenvalue weighted by Crippen LogP contribution is 2.23. The van der Waals surface area contributed by atoms with Crippen molar-refractivity contribution in [3.8, 4) is 5.75 Å². The molecule has 0 unspecified atom stereocenters. The number of carbonyl (C=O) groups is 1. The predicted octanol–water partition coefficient (Wildman–Crippen LogP) is 5.21. The van der Waals surface area contributed by atoms with Crippen LogP contribution in [0.2, 0.25) is 10.0 Å². The largest absolute Gasteiger partial charge is 0.494 e. The van der Waals surface area contributed by atoms with Gasteiger partial charge in [0.2, 0.25) is 0 Å². The minimum atomic E-state index is 0.0235. The van der Waals surface area contributed by atoms with E-state index in [1.807, 2.05) is 25.1 Å². The fourth-order valence-electron chi connectivity index (χ4n) is 1.92. The molecule has 0 amide bonds. The number of hydrogen-bond acceptors (Lipinski definition) is 2. The van der Waals surface area contributed by atoms with E-state index in [2.05, 4.69) is 0 Å². The summed E-state index contributed by atoms with van der Waals surface area (Å²) in [6.45, 7) is 2.68. The van der Waals surface area contributed by atoms with E-state index >= 15 is 0 Å². The van der Waals surface area contributed by atoms with Crippen molar-refractivity contribution < 1.29 is 9.53 Å². The second-order valence-corrected chi connectivity index (χ2v) is 5.54. The third kappa shape index (κ3) is 4.48. The Morgan fingerprint density at radius 1 is 1.10 bits per heavy atom. The van der Waals surface area contributed by atoms with Crippen molar-refractivity contribution in [2.45, 2.75) is 19.8 Å². The Hall–Kier alpha value is -1.51. The van der Waals surface area contributed by atoms with Gasteiger partial charge in [-0.15, -0.1) is 0 Å². The number of ether oxygens (including phenoxy) is 1. The van der Waals surface area contributed by atoms with Gasteiger partial charge in [0, 0.05) is 12.0 Å². The van der Waals surface area contributed by atoms with Gasteiger partial charge in [-0.05, 0) is 36.2 Å². The molecule has 0 radical (unpaired) electrons. The van der Waals surface area contributed by atoms with Crippen LogP contribution in [0.5, 0.6) is 5.75 Å². The fraction of sp³-hybridized carbons (Fsp3) is 0.235. The molecule has 2 aromatic carbocycles. The molecule has 0 spiro atoms. The van der Waals surface area contributed by atoms with Crippen LogP contribution in [0, 0.1) is 0 Å². The lowest BCUT2D eigenvalue weighted by Gasteiger charge is -2.07. The molecule has 2 nitrogen and oxygen atoms in total. The Bertz CT molecular complexity index is 638. The van der Waals surface area contributed by atoms with Gasteiger partial charge in [-0.25, -0.2) is 0 Å². The molecule has 0 atom stereocenters. The molecule has 2 rings (SSSR count). The van der Waals surface area contributed by atoms with E-state index in [0.717, 1.165) is 17.7 Å². The number of halogens is 2. The maximum Gasteiger partial charge on any atom is 0.167 e.